The van der Waals surface area contributed by atoms with Crippen molar-refractivity contribution in [2.24, 2.45) is 0 Å². The zero-order chi connectivity index (χ0) is 24.8. The first-order chi connectivity index (χ1) is 17.0. The minimum Gasteiger partial charge on any atom is -0.497 e. The summed E-state index contributed by atoms with van der Waals surface area (Å²) in [4.78, 5) is 33.8. The molecule has 0 aliphatic heterocycles. The number of rotatable bonds is 9. The fourth-order valence-electron chi connectivity index (χ4n) is 4.12. The average Bonchev–Trinajstić information content (AvgIpc) is 2.90. The highest BCUT2D eigenvalue weighted by Gasteiger charge is 2.27. The zero-order valence-corrected chi connectivity index (χ0v) is 20.2. The Morgan fingerprint density at radius 1 is 0.971 bits per heavy atom. The molecule has 0 saturated heterocycles. The van der Waals surface area contributed by atoms with Crippen LogP contribution >= 0.6 is 0 Å². The first-order valence-electron chi connectivity index (χ1n) is 11.5. The summed E-state index contributed by atoms with van der Waals surface area (Å²) in [7, 11) is 3.18. The van der Waals surface area contributed by atoms with Crippen LogP contribution in [0.3, 0.4) is 0 Å². The van der Waals surface area contributed by atoms with Crippen LogP contribution in [0.2, 0.25) is 0 Å². The van der Waals surface area contributed by atoms with Gasteiger partial charge in [0.25, 0.3) is 11.5 Å². The van der Waals surface area contributed by atoms with Gasteiger partial charge in [0, 0.05) is 19.2 Å². The Morgan fingerprint density at radius 2 is 1.66 bits per heavy atom. The Morgan fingerprint density at radius 3 is 2.34 bits per heavy atom. The molecule has 1 aromatic heterocycles. The summed E-state index contributed by atoms with van der Waals surface area (Å²) in [6.45, 7) is 2.94. The minimum atomic E-state index is -0.485. The first kappa shape index (κ1) is 24.2. The summed E-state index contributed by atoms with van der Waals surface area (Å²) in [6.07, 6.45) is 0. The molecule has 0 radical (unpaired) electrons. The van der Waals surface area contributed by atoms with Crippen molar-refractivity contribution in [3.8, 4) is 5.75 Å². The van der Waals surface area contributed by atoms with Gasteiger partial charge in [-0.05, 0) is 48.9 Å². The summed E-state index contributed by atoms with van der Waals surface area (Å²) in [5.41, 5.74) is 1.97. The maximum Gasteiger partial charge on any atom is 0.261 e. The third-order valence-corrected chi connectivity index (χ3v) is 6.05. The third kappa shape index (κ3) is 5.25. The molecule has 1 unspecified atom stereocenters. The van der Waals surface area contributed by atoms with Gasteiger partial charge in [-0.3, -0.25) is 14.2 Å². The molecule has 1 atom stereocenters. The number of hydrogen-bond donors (Lipinski definition) is 0. The Bertz CT molecular complexity index is 1350. The normalized spacial score (nSPS) is 11.9. The summed E-state index contributed by atoms with van der Waals surface area (Å²) < 4.78 is 12.2. The topological polar surface area (TPSA) is 73.7 Å². The number of nitrogens with zero attached hydrogens (tertiary/aromatic N) is 3. The maximum absolute atomic E-state index is 13.6. The van der Waals surface area contributed by atoms with Crippen molar-refractivity contribution in [3.05, 3.63) is 106 Å². The number of hydrogen-bond acceptors (Lipinski definition) is 5. The maximum atomic E-state index is 13.6. The molecule has 3 aromatic carbocycles. The standard InChI is InChI=1S/C28H29N3O4/c1-20(30(17-18-34-2)27(32)22-13-15-23(35-3)16-14-22)26-29-25-12-8-7-11-24(25)28(33)31(26)19-21-9-5-4-6-10-21/h4-16,20H,17-19H2,1-3H3. The first-order valence-corrected chi connectivity index (χ1v) is 11.5. The molecule has 1 heterocycles. The van der Waals surface area contributed by atoms with Gasteiger partial charge in [0.05, 0.1) is 37.2 Å². The van der Waals surface area contributed by atoms with E-state index in [1.807, 2.05) is 55.5 Å². The van der Waals surface area contributed by atoms with Crippen molar-refractivity contribution >= 4 is 16.8 Å². The van der Waals surface area contributed by atoms with Crippen LogP contribution in [0, 0.1) is 0 Å². The number of amides is 1. The lowest BCUT2D eigenvalue weighted by molar-refractivity contribution is 0.0603. The molecule has 0 saturated carbocycles. The van der Waals surface area contributed by atoms with E-state index in [1.165, 1.54) is 0 Å². The minimum absolute atomic E-state index is 0.134. The molecular formula is C28H29N3O4. The molecule has 0 fully saturated rings. The molecule has 180 valence electrons. The summed E-state index contributed by atoms with van der Waals surface area (Å²) in [5, 5.41) is 0.546. The van der Waals surface area contributed by atoms with E-state index in [9.17, 15) is 9.59 Å². The van der Waals surface area contributed by atoms with Crippen LogP contribution in [0.4, 0.5) is 0 Å². The van der Waals surface area contributed by atoms with Gasteiger partial charge >= 0.3 is 0 Å². The number of fused-ring (bicyclic) bond motifs is 1. The number of carbonyl (C=O) groups excluding carboxylic acids is 1. The largest absolute Gasteiger partial charge is 0.497 e. The van der Waals surface area contributed by atoms with Gasteiger partial charge in [0.2, 0.25) is 0 Å². The summed E-state index contributed by atoms with van der Waals surface area (Å²) in [5.74, 6) is 1.02. The van der Waals surface area contributed by atoms with Gasteiger partial charge in [-0.15, -0.1) is 0 Å². The van der Waals surface area contributed by atoms with E-state index in [-0.39, 0.29) is 11.5 Å². The lowest BCUT2D eigenvalue weighted by atomic mass is 10.1. The van der Waals surface area contributed by atoms with Crippen molar-refractivity contribution in [1.82, 2.24) is 14.5 Å². The Kier molecular flexibility index (Phi) is 7.57. The molecular weight excluding hydrogens is 442 g/mol. The number of para-hydroxylation sites is 1. The number of benzene rings is 3. The summed E-state index contributed by atoms with van der Waals surface area (Å²) >= 11 is 0. The van der Waals surface area contributed by atoms with Crippen molar-refractivity contribution in [2.75, 3.05) is 27.4 Å². The third-order valence-electron chi connectivity index (χ3n) is 6.05. The Hall–Kier alpha value is -3.97. The smallest absolute Gasteiger partial charge is 0.261 e. The molecule has 0 aliphatic rings. The van der Waals surface area contributed by atoms with Crippen LogP contribution in [0.1, 0.15) is 34.7 Å². The highest BCUT2D eigenvalue weighted by atomic mass is 16.5. The molecule has 7 nitrogen and oxygen atoms in total. The molecule has 4 rings (SSSR count). The van der Waals surface area contributed by atoms with E-state index in [4.69, 9.17) is 14.5 Å². The fraction of sp³-hybridized carbons (Fsp3) is 0.250. The van der Waals surface area contributed by atoms with Gasteiger partial charge < -0.3 is 14.4 Å². The molecule has 0 spiro atoms. The lowest BCUT2D eigenvalue weighted by Crippen LogP contribution is -2.39. The Labute approximate surface area is 204 Å². The quantitative estimate of drug-likeness (QED) is 0.364. The highest BCUT2D eigenvalue weighted by Crippen LogP contribution is 2.24. The number of ether oxygens (including phenoxy) is 2. The van der Waals surface area contributed by atoms with Crippen molar-refractivity contribution in [1.29, 1.82) is 0 Å². The highest BCUT2D eigenvalue weighted by molar-refractivity contribution is 5.94. The van der Waals surface area contributed by atoms with Crippen LogP contribution in [0.25, 0.3) is 10.9 Å². The Balaban J connectivity index is 1.80. The van der Waals surface area contributed by atoms with Gasteiger partial charge in [0.1, 0.15) is 11.6 Å². The second-order valence-electron chi connectivity index (χ2n) is 8.26. The van der Waals surface area contributed by atoms with Crippen molar-refractivity contribution < 1.29 is 14.3 Å². The van der Waals surface area contributed by atoms with Crippen LogP contribution in [-0.2, 0) is 11.3 Å². The number of methoxy groups -OCH3 is 2. The monoisotopic (exact) mass is 471 g/mol. The molecule has 1 amide bonds. The molecule has 0 bridgehead atoms. The fourth-order valence-corrected chi connectivity index (χ4v) is 4.12. The van der Waals surface area contributed by atoms with E-state index in [0.717, 1.165) is 5.56 Å². The van der Waals surface area contributed by atoms with Crippen LogP contribution in [0.5, 0.6) is 5.75 Å². The van der Waals surface area contributed by atoms with E-state index >= 15 is 0 Å². The molecule has 7 heteroatoms. The predicted octanol–water partition coefficient (Wildman–Crippen LogP) is 4.30. The lowest BCUT2D eigenvalue weighted by Gasteiger charge is -2.30. The van der Waals surface area contributed by atoms with Crippen LogP contribution < -0.4 is 10.3 Å². The van der Waals surface area contributed by atoms with Gasteiger partial charge in [-0.2, -0.15) is 0 Å². The molecule has 35 heavy (non-hydrogen) atoms. The van der Waals surface area contributed by atoms with Gasteiger partial charge in [-0.1, -0.05) is 42.5 Å². The average molecular weight is 472 g/mol. The number of carbonyl (C=O) groups is 1. The molecule has 0 aliphatic carbocycles. The van der Waals surface area contributed by atoms with Crippen LogP contribution in [0.15, 0.2) is 83.7 Å². The zero-order valence-electron chi connectivity index (χ0n) is 20.2. The van der Waals surface area contributed by atoms with E-state index in [2.05, 4.69) is 0 Å². The van der Waals surface area contributed by atoms with E-state index < -0.39 is 6.04 Å². The van der Waals surface area contributed by atoms with E-state index in [0.29, 0.717) is 47.7 Å². The second kappa shape index (κ2) is 11.0. The molecule has 0 N–H and O–H groups in total. The van der Waals surface area contributed by atoms with Crippen molar-refractivity contribution in [2.45, 2.75) is 19.5 Å². The number of aromatic nitrogens is 2. The van der Waals surface area contributed by atoms with Crippen molar-refractivity contribution in [3.63, 3.8) is 0 Å². The SMILES string of the molecule is COCCN(C(=O)c1ccc(OC)cc1)C(C)c1nc2ccccc2c(=O)n1Cc1ccccc1. The van der Waals surface area contributed by atoms with Crippen LogP contribution in [-0.4, -0.2) is 47.7 Å². The van der Waals surface area contributed by atoms with Gasteiger partial charge in [-0.25, -0.2) is 4.98 Å². The van der Waals surface area contributed by atoms with Gasteiger partial charge in [0.15, 0.2) is 0 Å². The van der Waals surface area contributed by atoms with E-state index in [1.54, 1.807) is 54.0 Å². The second-order valence-corrected chi connectivity index (χ2v) is 8.26. The summed E-state index contributed by atoms with van der Waals surface area (Å²) in [6, 6.07) is 23.6. The predicted molar refractivity (Wildman–Crippen MR) is 136 cm³/mol. The molecule has 4 aromatic rings.